The molecule has 1 heterocycles. The van der Waals surface area contributed by atoms with E-state index in [4.69, 9.17) is 9.47 Å². The first kappa shape index (κ1) is 28.4. The Bertz CT molecular complexity index is 536. The molecule has 32 heavy (non-hydrogen) atoms. The van der Waals surface area contributed by atoms with Gasteiger partial charge in [-0.25, -0.2) is 4.79 Å². The van der Waals surface area contributed by atoms with Crippen LogP contribution in [0.4, 0.5) is 0 Å². The summed E-state index contributed by atoms with van der Waals surface area (Å²) in [5, 5.41) is 2.59. The maximum atomic E-state index is 12.7. The summed E-state index contributed by atoms with van der Waals surface area (Å²) < 4.78 is 11.2. The molecule has 1 aliphatic heterocycles. The van der Waals surface area contributed by atoms with Crippen molar-refractivity contribution in [3.8, 4) is 0 Å². The van der Waals surface area contributed by atoms with E-state index in [9.17, 15) is 14.4 Å². The van der Waals surface area contributed by atoms with Crippen LogP contribution in [-0.2, 0) is 23.9 Å². The monoisotopic (exact) mass is 453 g/mol. The molecule has 4 atom stereocenters. The van der Waals surface area contributed by atoms with Crippen LogP contribution < -0.4 is 5.32 Å². The van der Waals surface area contributed by atoms with Gasteiger partial charge >= 0.3 is 11.9 Å². The van der Waals surface area contributed by atoms with Gasteiger partial charge in [-0.3, -0.25) is 9.59 Å². The molecule has 0 unspecified atom stereocenters. The third kappa shape index (κ3) is 11.3. The molecule has 0 saturated carbocycles. The van der Waals surface area contributed by atoms with E-state index >= 15 is 0 Å². The third-order valence-corrected chi connectivity index (χ3v) is 6.31. The van der Waals surface area contributed by atoms with Crippen molar-refractivity contribution in [3.63, 3.8) is 0 Å². The number of amides is 1. The van der Waals surface area contributed by atoms with Crippen molar-refractivity contribution in [2.45, 2.75) is 136 Å². The van der Waals surface area contributed by atoms with Gasteiger partial charge in [-0.2, -0.15) is 0 Å². The van der Waals surface area contributed by atoms with E-state index in [1.165, 1.54) is 38.5 Å². The van der Waals surface area contributed by atoms with Crippen LogP contribution in [-0.4, -0.2) is 36.6 Å². The molecule has 1 N–H and O–H groups in total. The predicted molar refractivity (Wildman–Crippen MR) is 127 cm³/mol. The fourth-order valence-corrected chi connectivity index (χ4v) is 4.36. The van der Waals surface area contributed by atoms with Crippen LogP contribution in [0.5, 0.6) is 0 Å². The van der Waals surface area contributed by atoms with E-state index in [2.05, 4.69) is 19.2 Å². The maximum absolute atomic E-state index is 12.7. The summed E-state index contributed by atoms with van der Waals surface area (Å²) in [6, 6.07) is -0.631. The molecule has 0 aliphatic carbocycles. The third-order valence-electron chi connectivity index (χ3n) is 6.31. The van der Waals surface area contributed by atoms with Crippen molar-refractivity contribution in [3.05, 3.63) is 0 Å². The highest BCUT2D eigenvalue weighted by molar-refractivity contribution is 5.79. The van der Waals surface area contributed by atoms with Gasteiger partial charge in [0.15, 0.2) is 0 Å². The van der Waals surface area contributed by atoms with Gasteiger partial charge in [-0.15, -0.1) is 0 Å². The van der Waals surface area contributed by atoms with E-state index in [1.807, 2.05) is 13.8 Å². The van der Waals surface area contributed by atoms with Crippen molar-refractivity contribution >= 4 is 18.3 Å². The Kier molecular flexibility index (Phi) is 15.1. The lowest BCUT2D eigenvalue weighted by Crippen LogP contribution is -2.48. The molecule has 0 aromatic rings. The lowest BCUT2D eigenvalue weighted by molar-refractivity contribution is -0.190. The Balaban J connectivity index is 2.48. The van der Waals surface area contributed by atoms with Crippen molar-refractivity contribution in [1.82, 2.24) is 5.32 Å². The van der Waals surface area contributed by atoms with Crippen LogP contribution in [0.25, 0.3) is 0 Å². The lowest BCUT2D eigenvalue weighted by Gasteiger charge is -2.37. The minimum Gasteiger partial charge on any atom is -0.461 e. The zero-order chi connectivity index (χ0) is 23.8. The minimum absolute atomic E-state index is 0.0718. The summed E-state index contributed by atoms with van der Waals surface area (Å²) in [5.41, 5.74) is 0. The van der Waals surface area contributed by atoms with Crippen LogP contribution >= 0.6 is 0 Å². The summed E-state index contributed by atoms with van der Waals surface area (Å²) in [4.78, 5) is 35.6. The van der Waals surface area contributed by atoms with Crippen molar-refractivity contribution in [2.75, 3.05) is 0 Å². The lowest BCUT2D eigenvalue weighted by atomic mass is 9.86. The number of carbonyl (C=O) groups is 3. The highest BCUT2D eigenvalue weighted by Crippen LogP contribution is 2.32. The van der Waals surface area contributed by atoms with Gasteiger partial charge in [0.05, 0.1) is 5.92 Å². The van der Waals surface area contributed by atoms with Gasteiger partial charge in [0.25, 0.3) is 0 Å². The van der Waals surface area contributed by atoms with E-state index in [-0.39, 0.29) is 30.0 Å². The molecule has 0 aromatic carbocycles. The molecule has 0 spiro atoms. The summed E-state index contributed by atoms with van der Waals surface area (Å²) in [6.07, 6.45) is 14.7. The summed E-state index contributed by atoms with van der Waals surface area (Å²) >= 11 is 0. The second-order valence-corrected chi connectivity index (χ2v) is 9.75. The Hall–Kier alpha value is -1.59. The first-order valence-electron chi connectivity index (χ1n) is 13.0. The number of rotatable bonds is 20. The Labute approximate surface area is 195 Å². The number of hydrogen-bond donors (Lipinski definition) is 1. The molecule has 1 aliphatic rings. The largest absolute Gasteiger partial charge is 0.461 e. The smallest absolute Gasteiger partial charge is 0.328 e. The highest BCUT2D eigenvalue weighted by Gasteiger charge is 2.43. The van der Waals surface area contributed by atoms with Crippen molar-refractivity contribution in [2.24, 2.45) is 11.8 Å². The van der Waals surface area contributed by atoms with Gasteiger partial charge in [0.2, 0.25) is 6.41 Å². The zero-order valence-corrected chi connectivity index (χ0v) is 20.9. The molecule has 1 rings (SSSR count). The van der Waals surface area contributed by atoms with E-state index in [0.717, 1.165) is 38.5 Å². The van der Waals surface area contributed by atoms with Crippen molar-refractivity contribution in [1.29, 1.82) is 0 Å². The number of esters is 2. The average molecular weight is 454 g/mol. The molecule has 186 valence electrons. The Morgan fingerprint density at radius 3 is 2.22 bits per heavy atom. The molecule has 6 nitrogen and oxygen atoms in total. The first-order chi connectivity index (χ1) is 15.4. The molecule has 1 fully saturated rings. The summed E-state index contributed by atoms with van der Waals surface area (Å²) in [7, 11) is 0. The van der Waals surface area contributed by atoms with Crippen LogP contribution in [0.2, 0.25) is 0 Å². The molecule has 1 amide bonds. The van der Waals surface area contributed by atoms with Gasteiger partial charge in [-0.05, 0) is 25.2 Å². The number of nitrogens with one attached hydrogen (secondary N) is 1. The van der Waals surface area contributed by atoms with Crippen molar-refractivity contribution < 1.29 is 23.9 Å². The van der Waals surface area contributed by atoms with E-state index in [0.29, 0.717) is 19.3 Å². The fourth-order valence-electron chi connectivity index (χ4n) is 4.36. The molecule has 6 heteroatoms. The molecular formula is C26H47NO5. The van der Waals surface area contributed by atoms with Gasteiger partial charge in [0.1, 0.15) is 18.2 Å². The molecule has 1 saturated heterocycles. The number of unbranched alkanes of at least 4 members (excludes halogenated alkanes) is 8. The maximum Gasteiger partial charge on any atom is 0.328 e. The topological polar surface area (TPSA) is 81.7 Å². The van der Waals surface area contributed by atoms with Gasteiger partial charge in [-0.1, -0.05) is 91.9 Å². The van der Waals surface area contributed by atoms with E-state index < -0.39 is 12.0 Å². The van der Waals surface area contributed by atoms with Crippen LogP contribution in [0, 0.1) is 11.8 Å². The molecule has 0 radical (unpaired) electrons. The van der Waals surface area contributed by atoms with Crippen LogP contribution in [0.1, 0.15) is 118 Å². The van der Waals surface area contributed by atoms with Crippen LogP contribution in [0.3, 0.4) is 0 Å². The normalized spacial score (nSPS) is 19.7. The second-order valence-electron chi connectivity index (χ2n) is 9.75. The Morgan fingerprint density at radius 2 is 1.66 bits per heavy atom. The molecule has 0 aromatic heterocycles. The number of hydrogen-bond acceptors (Lipinski definition) is 5. The SMILES string of the molecule is CCCCCCCCCC[C@@H]1C(=O)O[C@H]1C[C@H](CCCC)OC(=O)[C@H](CC(C)C)NC=O. The van der Waals surface area contributed by atoms with E-state index in [1.54, 1.807) is 0 Å². The first-order valence-corrected chi connectivity index (χ1v) is 13.0. The quantitative estimate of drug-likeness (QED) is 0.145. The number of cyclic esters (lactones) is 1. The minimum atomic E-state index is -0.631. The van der Waals surface area contributed by atoms with Crippen LogP contribution in [0.15, 0.2) is 0 Å². The zero-order valence-electron chi connectivity index (χ0n) is 20.9. The molecular weight excluding hydrogens is 406 g/mol. The number of ether oxygens (including phenoxy) is 2. The fraction of sp³-hybridized carbons (Fsp3) is 0.885. The standard InChI is InChI=1S/C26H47NO5/c1-5-7-9-10-11-12-13-14-16-22-24(32-25(22)29)18-21(15-8-6-2)31-26(30)23(27-19-28)17-20(3)4/h19-24H,5-18H2,1-4H3,(H,27,28)/t21-,22-,23-,24-/m0/s1. The number of carbonyl (C=O) groups excluding carboxylic acids is 3. The summed E-state index contributed by atoms with van der Waals surface area (Å²) in [6.45, 7) is 8.34. The van der Waals surface area contributed by atoms with Gasteiger partial charge < -0.3 is 14.8 Å². The average Bonchev–Trinajstić information content (AvgIpc) is 2.75. The highest BCUT2D eigenvalue weighted by atomic mass is 16.6. The molecule has 0 bridgehead atoms. The summed E-state index contributed by atoms with van der Waals surface area (Å²) in [5.74, 6) is -0.314. The van der Waals surface area contributed by atoms with Gasteiger partial charge in [0, 0.05) is 6.42 Å². The predicted octanol–water partition coefficient (Wildman–Crippen LogP) is 5.71. The Morgan fingerprint density at radius 1 is 1.03 bits per heavy atom. The second kappa shape index (κ2) is 17.0.